The number of phenolic OH excluding ortho intramolecular Hbond substituents is 2. The molecular weight excluding hydrogens is 376 g/mol. The molecule has 0 aliphatic carbocycles. The number of rotatable bonds is 6. The van der Waals surface area contributed by atoms with Crippen LogP contribution in [0.1, 0.15) is 32.2 Å². The van der Waals surface area contributed by atoms with E-state index in [9.17, 15) is 19.8 Å². The average Bonchev–Trinajstić information content (AvgIpc) is 3.21. The number of furan rings is 1. The van der Waals surface area contributed by atoms with Crippen LogP contribution in [0.15, 0.2) is 75.3 Å². The number of amides is 2. The lowest BCUT2D eigenvalue weighted by atomic mass is 10.2. The van der Waals surface area contributed by atoms with Crippen LogP contribution in [0.3, 0.4) is 0 Å². The summed E-state index contributed by atoms with van der Waals surface area (Å²) in [6.07, 6.45) is 2.55. The summed E-state index contributed by atoms with van der Waals surface area (Å²) in [7, 11) is 0. The Morgan fingerprint density at radius 3 is 1.55 bits per heavy atom. The Hall–Kier alpha value is -4.40. The fraction of sp³-hybridized carbons (Fsp3) is 0. The molecule has 0 atom stereocenters. The van der Waals surface area contributed by atoms with Crippen molar-refractivity contribution in [1.29, 1.82) is 0 Å². The molecule has 0 saturated carbocycles. The second kappa shape index (κ2) is 9.00. The first-order valence-electron chi connectivity index (χ1n) is 8.37. The van der Waals surface area contributed by atoms with E-state index in [1.54, 1.807) is 36.4 Å². The monoisotopic (exact) mass is 392 g/mol. The molecule has 2 aromatic carbocycles. The van der Waals surface area contributed by atoms with Gasteiger partial charge in [0.25, 0.3) is 0 Å². The van der Waals surface area contributed by atoms with Crippen molar-refractivity contribution in [3.63, 3.8) is 0 Å². The van der Waals surface area contributed by atoms with E-state index in [0.717, 1.165) is 0 Å². The van der Waals surface area contributed by atoms with Gasteiger partial charge in [-0.1, -0.05) is 24.3 Å². The molecule has 146 valence electrons. The molecule has 3 aromatic rings. The average molecular weight is 392 g/mol. The zero-order valence-corrected chi connectivity index (χ0v) is 14.9. The molecule has 0 radical (unpaired) electrons. The Balaban J connectivity index is 1.56. The zero-order valence-electron chi connectivity index (χ0n) is 14.9. The van der Waals surface area contributed by atoms with Crippen LogP contribution in [0.4, 0.5) is 0 Å². The van der Waals surface area contributed by atoms with Crippen molar-refractivity contribution in [2.75, 3.05) is 0 Å². The van der Waals surface area contributed by atoms with Crippen molar-refractivity contribution < 1.29 is 24.2 Å². The fourth-order valence-electron chi connectivity index (χ4n) is 2.21. The minimum Gasteiger partial charge on any atom is -0.507 e. The van der Waals surface area contributed by atoms with Crippen LogP contribution in [-0.4, -0.2) is 34.5 Å². The molecule has 29 heavy (non-hydrogen) atoms. The van der Waals surface area contributed by atoms with Crippen molar-refractivity contribution in [2.24, 2.45) is 10.2 Å². The lowest BCUT2D eigenvalue weighted by Crippen LogP contribution is -2.18. The normalized spacial score (nSPS) is 11.0. The number of hydrazone groups is 2. The Labute approximate surface area is 165 Å². The third-order valence-electron chi connectivity index (χ3n) is 3.67. The molecule has 0 aliphatic rings. The van der Waals surface area contributed by atoms with E-state index < -0.39 is 11.8 Å². The minimum atomic E-state index is -0.673. The maximum Gasteiger partial charge on any atom is 0.307 e. The first-order valence-corrected chi connectivity index (χ1v) is 8.37. The second-order valence-electron chi connectivity index (χ2n) is 5.68. The number of nitrogens with zero attached hydrogens (tertiary/aromatic N) is 2. The van der Waals surface area contributed by atoms with Crippen LogP contribution in [0.2, 0.25) is 0 Å². The summed E-state index contributed by atoms with van der Waals surface area (Å²) in [5.74, 6) is -1.57. The van der Waals surface area contributed by atoms with Crippen molar-refractivity contribution in [2.45, 2.75) is 0 Å². The predicted octanol–water partition coefficient (Wildman–Crippen LogP) is 2.22. The molecule has 4 N–H and O–H groups in total. The van der Waals surface area contributed by atoms with Gasteiger partial charge in [0, 0.05) is 11.1 Å². The molecule has 9 nitrogen and oxygen atoms in total. The maximum absolute atomic E-state index is 12.0. The van der Waals surface area contributed by atoms with Crippen LogP contribution in [0, 0.1) is 0 Å². The molecule has 9 heteroatoms. The van der Waals surface area contributed by atoms with Gasteiger partial charge in [0.15, 0.2) is 11.5 Å². The highest BCUT2D eigenvalue weighted by Gasteiger charge is 2.15. The fourth-order valence-corrected chi connectivity index (χ4v) is 2.21. The summed E-state index contributed by atoms with van der Waals surface area (Å²) < 4.78 is 5.19. The molecule has 1 aromatic heterocycles. The largest absolute Gasteiger partial charge is 0.507 e. The number of hydrogen-bond acceptors (Lipinski definition) is 7. The van der Waals surface area contributed by atoms with Crippen LogP contribution < -0.4 is 10.9 Å². The molecule has 0 unspecified atom stereocenters. The SMILES string of the molecule is O=C(N/N=C\c1ccccc1O)c1ccc(C(=O)N/N=C\c2ccccc2O)o1. The van der Waals surface area contributed by atoms with Crippen LogP contribution in [-0.2, 0) is 0 Å². The van der Waals surface area contributed by atoms with E-state index >= 15 is 0 Å². The highest BCUT2D eigenvalue weighted by atomic mass is 16.4. The first kappa shape index (κ1) is 19.4. The Morgan fingerprint density at radius 2 is 1.14 bits per heavy atom. The summed E-state index contributed by atoms with van der Waals surface area (Å²) in [4.78, 5) is 24.0. The third kappa shape index (κ3) is 5.07. The Morgan fingerprint density at radius 1 is 0.724 bits per heavy atom. The van der Waals surface area contributed by atoms with Crippen LogP contribution in [0.25, 0.3) is 0 Å². The van der Waals surface area contributed by atoms with Crippen LogP contribution >= 0.6 is 0 Å². The first-order chi connectivity index (χ1) is 14.0. The minimum absolute atomic E-state index is 0.0202. The van der Waals surface area contributed by atoms with Gasteiger partial charge in [-0.3, -0.25) is 9.59 Å². The van der Waals surface area contributed by atoms with Crippen molar-refractivity contribution in [3.05, 3.63) is 83.3 Å². The second-order valence-corrected chi connectivity index (χ2v) is 5.68. The van der Waals surface area contributed by atoms with E-state index in [1.165, 1.54) is 36.7 Å². The van der Waals surface area contributed by atoms with Gasteiger partial charge in [0.05, 0.1) is 12.4 Å². The molecular formula is C20H16N4O5. The predicted molar refractivity (Wildman–Crippen MR) is 105 cm³/mol. The summed E-state index contributed by atoms with van der Waals surface area (Å²) in [5.41, 5.74) is 5.32. The van der Waals surface area contributed by atoms with Gasteiger partial charge in [-0.15, -0.1) is 0 Å². The van der Waals surface area contributed by atoms with Gasteiger partial charge in [0.1, 0.15) is 11.5 Å². The van der Waals surface area contributed by atoms with Gasteiger partial charge < -0.3 is 14.6 Å². The molecule has 0 aliphatic heterocycles. The Kier molecular flexibility index (Phi) is 6.01. The van der Waals surface area contributed by atoms with E-state index in [0.29, 0.717) is 11.1 Å². The Bertz CT molecular complexity index is 1000. The number of nitrogens with one attached hydrogen (secondary N) is 2. The summed E-state index contributed by atoms with van der Waals surface area (Å²) in [6, 6.07) is 15.6. The highest BCUT2D eigenvalue weighted by Crippen LogP contribution is 2.13. The smallest absolute Gasteiger partial charge is 0.307 e. The van der Waals surface area contributed by atoms with E-state index in [4.69, 9.17) is 4.42 Å². The topological polar surface area (TPSA) is 137 Å². The number of carbonyl (C=O) groups excluding carboxylic acids is 2. The summed E-state index contributed by atoms with van der Waals surface area (Å²) >= 11 is 0. The lowest BCUT2D eigenvalue weighted by Gasteiger charge is -1.99. The number of para-hydroxylation sites is 2. The molecule has 0 bridgehead atoms. The quantitative estimate of drug-likeness (QED) is 0.377. The van der Waals surface area contributed by atoms with Gasteiger partial charge in [0.2, 0.25) is 0 Å². The lowest BCUT2D eigenvalue weighted by molar-refractivity contribution is 0.0902. The van der Waals surface area contributed by atoms with Gasteiger partial charge in [-0.25, -0.2) is 10.9 Å². The number of hydrogen-bond donors (Lipinski definition) is 4. The van der Waals surface area contributed by atoms with E-state index in [1.807, 2.05) is 0 Å². The molecule has 3 rings (SSSR count). The molecule has 0 spiro atoms. The molecule has 2 amide bonds. The number of carbonyl (C=O) groups is 2. The van der Waals surface area contributed by atoms with Crippen molar-refractivity contribution >= 4 is 24.2 Å². The molecule has 1 heterocycles. The molecule has 0 saturated heterocycles. The number of benzene rings is 2. The van der Waals surface area contributed by atoms with E-state index in [-0.39, 0.29) is 23.0 Å². The summed E-state index contributed by atoms with van der Waals surface area (Å²) in [5, 5.41) is 26.7. The van der Waals surface area contributed by atoms with Crippen LogP contribution in [0.5, 0.6) is 11.5 Å². The van der Waals surface area contributed by atoms with E-state index in [2.05, 4.69) is 21.1 Å². The molecule has 0 fully saturated rings. The number of aromatic hydroxyl groups is 2. The van der Waals surface area contributed by atoms with Gasteiger partial charge >= 0.3 is 11.8 Å². The standard InChI is InChI=1S/C20H16N4O5/c25-15-7-3-1-5-13(15)11-21-23-19(27)17-9-10-18(29-17)20(28)24-22-12-14-6-2-4-8-16(14)26/h1-12,25-26H,(H,23,27)(H,24,28)/b21-11-,22-12-. The van der Waals surface area contributed by atoms with Crippen molar-refractivity contribution in [1.82, 2.24) is 10.9 Å². The number of phenols is 2. The highest BCUT2D eigenvalue weighted by molar-refractivity contribution is 5.96. The van der Waals surface area contributed by atoms with Gasteiger partial charge in [-0.2, -0.15) is 10.2 Å². The third-order valence-corrected chi connectivity index (χ3v) is 3.67. The summed E-state index contributed by atoms with van der Waals surface area (Å²) in [6.45, 7) is 0. The van der Waals surface area contributed by atoms with Gasteiger partial charge in [-0.05, 0) is 36.4 Å². The zero-order chi connectivity index (χ0) is 20.6. The maximum atomic E-state index is 12.0. The van der Waals surface area contributed by atoms with Crippen molar-refractivity contribution in [3.8, 4) is 11.5 Å².